The minimum Gasteiger partial charge on any atom is -0.495 e. The second kappa shape index (κ2) is 5.59. The summed E-state index contributed by atoms with van der Waals surface area (Å²) in [5.41, 5.74) is 3.92. The molecule has 0 saturated heterocycles. The molecule has 0 radical (unpaired) electrons. The van der Waals surface area contributed by atoms with Crippen molar-refractivity contribution in [3.8, 4) is 5.75 Å². The minimum absolute atomic E-state index is 0.211. The summed E-state index contributed by atoms with van der Waals surface area (Å²) in [7, 11) is 1.61. The zero-order chi connectivity index (χ0) is 13.1. The second-order valence-electron chi connectivity index (χ2n) is 4.02. The number of aromatic nitrogens is 1. The van der Waals surface area contributed by atoms with Gasteiger partial charge in [-0.1, -0.05) is 11.6 Å². The molecule has 0 saturated carbocycles. The third-order valence-electron chi connectivity index (χ3n) is 2.71. The van der Waals surface area contributed by atoms with Crippen LogP contribution >= 0.6 is 22.9 Å². The van der Waals surface area contributed by atoms with Crippen LogP contribution in [0.15, 0.2) is 23.7 Å². The molecule has 0 amide bonds. The number of benzene rings is 1. The Labute approximate surface area is 116 Å². The molecular formula is C13H15ClN2OS. The fraction of sp³-hybridized carbons (Fsp3) is 0.308. The van der Waals surface area contributed by atoms with Crippen molar-refractivity contribution in [2.24, 2.45) is 0 Å². The van der Waals surface area contributed by atoms with Crippen molar-refractivity contribution in [1.29, 1.82) is 0 Å². The molecule has 1 unspecified atom stereocenters. The highest BCUT2D eigenvalue weighted by Gasteiger charge is 2.11. The molecule has 1 aromatic heterocycles. The standard InChI is InChI=1S/C13H15ClN2OS/c1-8-13(18-7-15-8)9(2)16-10-4-5-11(14)12(6-10)17-3/h4-7,9,16H,1-3H3. The first-order valence-corrected chi connectivity index (χ1v) is 6.87. The van der Waals surface area contributed by atoms with Crippen LogP contribution in [0.3, 0.4) is 0 Å². The number of hydrogen-bond acceptors (Lipinski definition) is 4. The van der Waals surface area contributed by atoms with Gasteiger partial charge >= 0.3 is 0 Å². The average molecular weight is 283 g/mol. The molecule has 5 heteroatoms. The van der Waals surface area contributed by atoms with E-state index in [4.69, 9.17) is 16.3 Å². The van der Waals surface area contributed by atoms with Crippen LogP contribution in [-0.4, -0.2) is 12.1 Å². The maximum Gasteiger partial charge on any atom is 0.139 e. The molecule has 2 rings (SSSR count). The number of halogens is 1. The van der Waals surface area contributed by atoms with E-state index in [2.05, 4.69) is 17.2 Å². The number of aryl methyl sites for hydroxylation is 1. The van der Waals surface area contributed by atoms with Crippen LogP contribution in [0.2, 0.25) is 5.02 Å². The van der Waals surface area contributed by atoms with E-state index in [1.54, 1.807) is 18.4 Å². The first-order chi connectivity index (χ1) is 8.61. The normalized spacial score (nSPS) is 12.2. The Morgan fingerprint density at radius 3 is 2.83 bits per heavy atom. The number of ether oxygens (including phenoxy) is 1. The molecule has 3 nitrogen and oxygen atoms in total. The molecule has 1 atom stereocenters. The van der Waals surface area contributed by atoms with Gasteiger partial charge in [-0.15, -0.1) is 11.3 Å². The summed E-state index contributed by atoms with van der Waals surface area (Å²) in [5.74, 6) is 0.676. The largest absolute Gasteiger partial charge is 0.495 e. The summed E-state index contributed by atoms with van der Waals surface area (Å²) < 4.78 is 5.20. The van der Waals surface area contributed by atoms with E-state index >= 15 is 0 Å². The van der Waals surface area contributed by atoms with Gasteiger partial charge in [0.1, 0.15) is 5.75 Å². The zero-order valence-corrected chi connectivity index (χ0v) is 12.1. The quantitative estimate of drug-likeness (QED) is 0.908. The minimum atomic E-state index is 0.211. The number of thiazole rings is 1. The lowest BCUT2D eigenvalue weighted by atomic mass is 10.2. The number of anilines is 1. The highest BCUT2D eigenvalue weighted by atomic mass is 35.5. The first-order valence-electron chi connectivity index (χ1n) is 5.62. The van der Waals surface area contributed by atoms with Crippen molar-refractivity contribution < 1.29 is 4.74 Å². The Morgan fingerprint density at radius 1 is 1.44 bits per heavy atom. The number of nitrogens with zero attached hydrogens (tertiary/aromatic N) is 1. The summed E-state index contributed by atoms with van der Waals surface area (Å²) in [6, 6.07) is 5.88. The van der Waals surface area contributed by atoms with Crippen LogP contribution in [0, 0.1) is 6.92 Å². The first kappa shape index (κ1) is 13.2. The average Bonchev–Trinajstić information content (AvgIpc) is 2.78. The van der Waals surface area contributed by atoms with Gasteiger partial charge in [0.15, 0.2) is 0 Å². The highest BCUT2D eigenvalue weighted by Crippen LogP contribution is 2.30. The smallest absolute Gasteiger partial charge is 0.139 e. The second-order valence-corrected chi connectivity index (χ2v) is 5.31. The molecule has 1 aromatic carbocycles. The number of methoxy groups -OCH3 is 1. The monoisotopic (exact) mass is 282 g/mol. The Balaban J connectivity index is 2.17. The molecule has 1 N–H and O–H groups in total. The zero-order valence-electron chi connectivity index (χ0n) is 10.5. The molecule has 0 bridgehead atoms. The molecule has 1 heterocycles. The number of hydrogen-bond donors (Lipinski definition) is 1. The van der Waals surface area contributed by atoms with E-state index < -0.39 is 0 Å². The van der Waals surface area contributed by atoms with Crippen LogP contribution in [-0.2, 0) is 0 Å². The summed E-state index contributed by atoms with van der Waals surface area (Å²) in [6.07, 6.45) is 0. The van der Waals surface area contributed by atoms with Crippen molar-refractivity contribution >= 4 is 28.6 Å². The van der Waals surface area contributed by atoms with Crippen LogP contribution in [0.4, 0.5) is 5.69 Å². The maximum absolute atomic E-state index is 6.00. The van der Waals surface area contributed by atoms with Crippen molar-refractivity contribution in [2.45, 2.75) is 19.9 Å². The predicted molar refractivity (Wildman–Crippen MR) is 76.9 cm³/mol. The van der Waals surface area contributed by atoms with Gasteiger partial charge in [0.05, 0.1) is 29.4 Å². The fourth-order valence-corrected chi connectivity index (χ4v) is 2.80. The Kier molecular flexibility index (Phi) is 4.09. The molecule has 0 spiro atoms. The molecule has 0 aliphatic carbocycles. The van der Waals surface area contributed by atoms with Crippen LogP contribution in [0.25, 0.3) is 0 Å². The lowest BCUT2D eigenvalue weighted by molar-refractivity contribution is 0.415. The summed E-state index contributed by atoms with van der Waals surface area (Å²) in [4.78, 5) is 5.50. The van der Waals surface area contributed by atoms with Gasteiger partial charge in [0.2, 0.25) is 0 Å². The molecule has 0 aliphatic heterocycles. The van der Waals surface area contributed by atoms with Gasteiger partial charge < -0.3 is 10.1 Å². The molecule has 0 fully saturated rings. The molecule has 0 aliphatic rings. The van der Waals surface area contributed by atoms with Gasteiger partial charge in [-0.05, 0) is 26.0 Å². The lowest BCUT2D eigenvalue weighted by Gasteiger charge is -2.15. The van der Waals surface area contributed by atoms with Crippen LogP contribution < -0.4 is 10.1 Å². The van der Waals surface area contributed by atoms with E-state index in [-0.39, 0.29) is 6.04 Å². The van der Waals surface area contributed by atoms with Gasteiger partial charge in [-0.25, -0.2) is 4.98 Å². The van der Waals surface area contributed by atoms with Gasteiger partial charge in [-0.2, -0.15) is 0 Å². The van der Waals surface area contributed by atoms with E-state index in [1.807, 2.05) is 30.6 Å². The molecular weight excluding hydrogens is 268 g/mol. The Morgan fingerprint density at radius 2 is 2.22 bits per heavy atom. The van der Waals surface area contributed by atoms with Crippen molar-refractivity contribution in [2.75, 3.05) is 12.4 Å². The predicted octanol–water partition coefficient (Wildman–Crippen LogP) is 4.29. The molecule has 18 heavy (non-hydrogen) atoms. The summed E-state index contributed by atoms with van der Waals surface area (Å²) in [5, 5.41) is 4.03. The number of nitrogens with one attached hydrogen (secondary N) is 1. The van der Waals surface area contributed by atoms with Crippen LogP contribution in [0.5, 0.6) is 5.75 Å². The fourth-order valence-electron chi connectivity index (χ4n) is 1.79. The third kappa shape index (κ3) is 2.76. The van der Waals surface area contributed by atoms with E-state index in [0.29, 0.717) is 10.8 Å². The summed E-state index contributed by atoms with van der Waals surface area (Å²) in [6.45, 7) is 4.13. The van der Waals surface area contributed by atoms with Gasteiger partial charge in [-0.3, -0.25) is 0 Å². The summed E-state index contributed by atoms with van der Waals surface area (Å²) >= 11 is 7.66. The van der Waals surface area contributed by atoms with Crippen molar-refractivity contribution in [3.05, 3.63) is 39.3 Å². The van der Waals surface area contributed by atoms with E-state index in [9.17, 15) is 0 Å². The topological polar surface area (TPSA) is 34.1 Å². The maximum atomic E-state index is 6.00. The highest BCUT2D eigenvalue weighted by molar-refractivity contribution is 7.09. The van der Waals surface area contributed by atoms with Gasteiger partial charge in [0.25, 0.3) is 0 Å². The molecule has 96 valence electrons. The van der Waals surface area contributed by atoms with Crippen molar-refractivity contribution in [1.82, 2.24) is 4.98 Å². The van der Waals surface area contributed by atoms with E-state index in [0.717, 1.165) is 11.4 Å². The Bertz CT molecular complexity index is 542. The van der Waals surface area contributed by atoms with Crippen molar-refractivity contribution in [3.63, 3.8) is 0 Å². The van der Waals surface area contributed by atoms with E-state index in [1.165, 1.54) is 4.88 Å². The SMILES string of the molecule is COc1cc(NC(C)c2scnc2C)ccc1Cl. The molecule has 2 aromatic rings. The Hall–Kier alpha value is -1.26. The van der Waals surface area contributed by atoms with Crippen LogP contribution in [0.1, 0.15) is 23.5 Å². The third-order valence-corrected chi connectivity index (χ3v) is 4.14. The number of rotatable bonds is 4. The lowest BCUT2D eigenvalue weighted by Crippen LogP contribution is -2.06. The van der Waals surface area contributed by atoms with Gasteiger partial charge in [0, 0.05) is 16.6 Å².